The van der Waals surface area contributed by atoms with Crippen molar-refractivity contribution in [1.29, 1.82) is 0 Å². The Morgan fingerprint density at radius 1 is 1.24 bits per heavy atom. The van der Waals surface area contributed by atoms with Gasteiger partial charge in [-0.2, -0.15) is 0 Å². The van der Waals surface area contributed by atoms with Crippen LogP contribution >= 0.6 is 0 Å². The minimum atomic E-state index is -0.349. The molecule has 0 bridgehead atoms. The molecule has 0 aliphatic carbocycles. The first-order chi connectivity index (χ1) is 18.4. The normalized spacial score (nSPS) is 15.4. The van der Waals surface area contributed by atoms with Gasteiger partial charge in [0.2, 0.25) is 11.9 Å². The highest BCUT2D eigenvalue weighted by atomic mass is 19.1. The number of carbonyl (C=O) groups is 1. The first-order valence-electron chi connectivity index (χ1n) is 12.2. The molecular weight excluding hydrogens is 487 g/mol. The molecule has 196 valence electrons. The van der Waals surface area contributed by atoms with Crippen molar-refractivity contribution >= 4 is 34.6 Å². The van der Waals surface area contributed by atoms with Gasteiger partial charge < -0.3 is 25.2 Å². The van der Waals surface area contributed by atoms with Gasteiger partial charge in [-0.3, -0.25) is 4.79 Å². The van der Waals surface area contributed by atoms with E-state index in [1.54, 1.807) is 42.2 Å². The number of likely N-dealkylation sites (N-methyl/N-ethyl adjacent to an activating group) is 2. The number of nitrogens with one attached hydrogen (secondary N) is 2. The van der Waals surface area contributed by atoms with E-state index in [-0.39, 0.29) is 23.7 Å². The lowest BCUT2D eigenvalue weighted by molar-refractivity contribution is -0.111. The first kappa shape index (κ1) is 25.2. The van der Waals surface area contributed by atoms with Crippen LogP contribution in [0.2, 0.25) is 0 Å². The molecule has 1 unspecified atom stereocenters. The van der Waals surface area contributed by atoms with Crippen molar-refractivity contribution in [2.75, 3.05) is 49.8 Å². The summed E-state index contributed by atoms with van der Waals surface area (Å²) in [5.74, 6) is 0.147. The van der Waals surface area contributed by atoms with Crippen LogP contribution in [-0.2, 0) is 4.79 Å². The Kier molecular flexibility index (Phi) is 6.93. The number of likely N-dealkylation sites (tertiary alicyclic amines) is 1. The fourth-order valence-electron chi connectivity index (χ4n) is 4.65. The quantitative estimate of drug-likeness (QED) is 0.340. The van der Waals surface area contributed by atoms with Crippen molar-refractivity contribution < 1.29 is 13.9 Å². The van der Waals surface area contributed by atoms with Gasteiger partial charge in [-0.05, 0) is 44.3 Å². The fourth-order valence-corrected chi connectivity index (χ4v) is 4.65. The van der Waals surface area contributed by atoms with E-state index in [1.165, 1.54) is 18.2 Å². The molecule has 1 atom stereocenters. The maximum Gasteiger partial charge on any atom is 0.247 e. The van der Waals surface area contributed by atoms with E-state index >= 15 is 0 Å². The minimum Gasteiger partial charge on any atom is -0.494 e. The van der Waals surface area contributed by atoms with E-state index in [1.807, 2.05) is 13.1 Å². The summed E-state index contributed by atoms with van der Waals surface area (Å²) in [6.07, 6.45) is 5.44. The number of halogens is 1. The van der Waals surface area contributed by atoms with Crippen molar-refractivity contribution in [1.82, 2.24) is 24.5 Å². The number of nitrogens with zero attached hydrogens (tertiary/aromatic N) is 6. The molecule has 1 amide bonds. The molecule has 2 N–H and O–H groups in total. The van der Waals surface area contributed by atoms with Crippen LogP contribution < -0.4 is 20.3 Å². The number of fused-ring (bicyclic) bond motifs is 1. The van der Waals surface area contributed by atoms with Crippen molar-refractivity contribution in [3.8, 4) is 17.0 Å². The molecule has 1 aliphatic rings. The van der Waals surface area contributed by atoms with Gasteiger partial charge in [0.15, 0.2) is 5.65 Å². The van der Waals surface area contributed by atoms with Gasteiger partial charge in [0.1, 0.15) is 11.6 Å². The highest BCUT2D eigenvalue weighted by molar-refractivity contribution is 6.02. The number of carbonyl (C=O) groups excluding carboxylic acids is 1. The average molecular weight is 517 g/mol. The van der Waals surface area contributed by atoms with Crippen molar-refractivity contribution in [3.05, 3.63) is 67.3 Å². The molecule has 0 radical (unpaired) electrons. The van der Waals surface area contributed by atoms with Gasteiger partial charge in [0.25, 0.3) is 0 Å². The van der Waals surface area contributed by atoms with Gasteiger partial charge >= 0.3 is 0 Å². The topological polar surface area (TPSA) is 99.9 Å². The molecule has 2 aromatic heterocycles. The smallest absolute Gasteiger partial charge is 0.247 e. The number of ether oxygens (including phenoxy) is 1. The number of hydrogen-bond donors (Lipinski definition) is 2. The number of aromatic nitrogens is 4. The Balaban J connectivity index is 1.52. The Morgan fingerprint density at radius 2 is 2.08 bits per heavy atom. The molecule has 0 spiro atoms. The molecule has 1 fully saturated rings. The summed E-state index contributed by atoms with van der Waals surface area (Å²) in [6.45, 7) is 5.50. The zero-order valence-electron chi connectivity index (χ0n) is 21.5. The van der Waals surface area contributed by atoms with Crippen LogP contribution in [0.25, 0.3) is 16.9 Å². The van der Waals surface area contributed by atoms with Crippen molar-refractivity contribution in [2.45, 2.75) is 12.5 Å². The molecule has 1 saturated heterocycles. The van der Waals surface area contributed by atoms with E-state index in [4.69, 9.17) is 4.74 Å². The highest BCUT2D eigenvalue weighted by Crippen LogP contribution is 2.39. The first-order valence-corrected chi connectivity index (χ1v) is 12.2. The van der Waals surface area contributed by atoms with Gasteiger partial charge in [-0.25, -0.2) is 18.9 Å². The predicted molar refractivity (Wildman–Crippen MR) is 146 cm³/mol. The highest BCUT2D eigenvalue weighted by Gasteiger charge is 2.26. The second-order valence-electron chi connectivity index (χ2n) is 9.21. The van der Waals surface area contributed by atoms with Crippen LogP contribution in [-0.4, -0.2) is 70.7 Å². The number of imidazole rings is 1. The van der Waals surface area contributed by atoms with Crippen LogP contribution in [0, 0.1) is 5.82 Å². The summed E-state index contributed by atoms with van der Waals surface area (Å²) in [7, 11) is 5.69. The lowest BCUT2D eigenvalue weighted by Crippen LogP contribution is -2.34. The van der Waals surface area contributed by atoms with Crippen LogP contribution in [0.5, 0.6) is 5.75 Å². The zero-order chi connectivity index (χ0) is 26.8. The number of hydrogen-bond acceptors (Lipinski definition) is 8. The van der Waals surface area contributed by atoms with E-state index in [0.717, 1.165) is 25.2 Å². The third kappa shape index (κ3) is 5.00. The van der Waals surface area contributed by atoms with Crippen LogP contribution in [0.4, 0.5) is 27.4 Å². The standard InChI is InChI=1S/C27H29FN8O2/c1-5-26(37)31-20-12-21(24(38-4)13-22(20)35(3)19-9-10-34(2)16-19)32-27-30-15-25-29-14-23(36(25)33-27)17-7-6-8-18(28)11-17/h5-8,11-15,19H,1,9-10,16H2,2-4H3,(H,31,37)(H,32,33). The zero-order valence-corrected chi connectivity index (χ0v) is 21.5. The molecule has 5 rings (SSSR count). The van der Waals surface area contributed by atoms with Gasteiger partial charge in [0, 0.05) is 31.3 Å². The second-order valence-corrected chi connectivity index (χ2v) is 9.21. The summed E-state index contributed by atoms with van der Waals surface area (Å²) < 4.78 is 21.1. The average Bonchev–Trinajstić information content (AvgIpc) is 3.54. The summed E-state index contributed by atoms with van der Waals surface area (Å²) >= 11 is 0. The Hall–Kier alpha value is -4.51. The molecule has 38 heavy (non-hydrogen) atoms. The van der Waals surface area contributed by atoms with Gasteiger partial charge in [-0.1, -0.05) is 18.7 Å². The van der Waals surface area contributed by atoms with Crippen molar-refractivity contribution in [2.24, 2.45) is 0 Å². The number of benzene rings is 2. The monoisotopic (exact) mass is 516 g/mol. The van der Waals surface area contributed by atoms with Gasteiger partial charge in [0.05, 0.1) is 42.3 Å². The predicted octanol–water partition coefficient (Wildman–Crippen LogP) is 3.95. The van der Waals surface area contributed by atoms with E-state index in [2.05, 4.69) is 49.1 Å². The van der Waals surface area contributed by atoms with E-state index < -0.39 is 0 Å². The van der Waals surface area contributed by atoms with E-state index in [9.17, 15) is 9.18 Å². The second kappa shape index (κ2) is 10.5. The van der Waals surface area contributed by atoms with E-state index in [0.29, 0.717) is 34.0 Å². The molecule has 0 saturated carbocycles. The number of methoxy groups -OCH3 is 1. The molecule has 4 aromatic rings. The third-order valence-corrected chi connectivity index (χ3v) is 6.68. The number of amides is 1. The fraction of sp³-hybridized carbons (Fsp3) is 0.259. The number of anilines is 4. The number of rotatable bonds is 8. The molecule has 1 aliphatic heterocycles. The maximum absolute atomic E-state index is 13.8. The molecule has 2 aromatic carbocycles. The lowest BCUT2D eigenvalue weighted by Gasteiger charge is -2.29. The molecular formula is C27H29FN8O2. The lowest BCUT2D eigenvalue weighted by atomic mass is 10.1. The van der Waals surface area contributed by atoms with Crippen LogP contribution in [0.3, 0.4) is 0 Å². The maximum atomic E-state index is 13.8. The summed E-state index contributed by atoms with van der Waals surface area (Å²) in [5, 5.41) is 10.7. The van der Waals surface area contributed by atoms with Crippen LogP contribution in [0.1, 0.15) is 6.42 Å². The SMILES string of the molecule is C=CC(=O)Nc1cc(Nc2ncc3ncc(-c4cccc(F)c4)n3n2)c(OC)cc1N(C)C1CCN(C)C1. The minimum absolute atomic E-state index is 0.269. The molecule has 10 nitrogen and oxygen atoms in total. The third-order valence-electron chi connectivity index (χ3n) is 6.68. The molecule has 3 heterocycles. The summed E-state index contributed by atoms with van der Waals surface area (Å²) in [6, 6.07) is 10.2. The molecule has 11 heteroatoms. The summed E-state index contributed by atoms with van der Waals surface area (Å²) in [5.41, 5.74) is 3.74. The Labute approximate surface area is 219 Å². The largest absolute Gasteiger partial charge is 0.494 e. The summed E-state index contributed by atoms with van der Waals surface area (Å²) in [4.78, 5) is 25.5. The Bertz CT molecular complexity index is 1500. The Morgan fingerprint density at radius 3 is 2.79 bits per heavy atom. The van der Waals surface area contributed by atoms with Gasteiger partial charge in [-0.15, -0.1) is 5.10 Å². The van der Waals surface area contributed by atoms with Crippen molar-refractivity contribution in [3.63, 3.8) is 0 Å². The van der Waals surface area contributed by atoms with Crippen LogP contribution in [0.15, 0.2) is 61.4 Å².